The summed E-state index contributed by atoms with van der Waals surface area (Å²) in [5.41, 5.74) is 1.48. The fourth-order valence-corrected chi connectivity index (χ4v) is 4.39. The van der Waals surface area contributed by atoms with Crippen LogP contribution in [0, 0.1) is 0 Å². The lowest BCUT2D eigenvalue weighted by Crippen LogP contribution is -2.29. The fraction of sp³-hybridized carbons (Fsp3) is 0.524. The van der Waals surface area contributed by atoms with Gasteiger partial charge in [-0.25, -0.2) is 15.0 Å². The molecule has 166 valence electrons. The van der Waals surface area contributed by atoms with Crippen molar-refractivity contribution in [1.82, 2.24) is 19.9 Å². The average molecular weight is 445 g/mol. The van der Waals surface area contributed by atoms with Crippen molar-refractivity contribution in [3.8, 4) is 0 Å². The smallest absolute Gasteiger partial charge is 0.225 e. The first kappa shape index (κ1) is 21.8. The molecule has 0 unspecified atom stereocenters. The number of nitrogens with zero attached hydrogens (tertiary/aromatic N) is 4. The van der Waals surface area contributed by atoms with Crippen LogP contribution >= 0.6 is 11.3 Å². The first-order valence-corrected chi connectivity index (χ1v) is 11.5. The zero-order chi connectivity index (χ0) is 21.6. The highest BCUT2D eigenvalue weighted by atomic mass is 32.1. The molecule has 0 radical (unpaired) electrons. The SMILES string of the molecule is CCOC(OCC)c1cc(Nc2nc3cccnc3s2)nc(N[C@H]2CC[C@H](O)CC2)n1. The molecular weight excluding hydrogens is 416 g/mol. The van der Waals surface area contributed by atoms with Crippen LogP contribution in [-0.4, -0.2) is 50.4 Å². The van der Waals surface area contributed by atoms with E-state index in [9.17, 15) is 5.11 Å². The van der Waals surface area contributed by atoms with Gasteiger partial charge in [0.2, 0.25) is 12.2 Å². The highest BCUT2D eigenvalue weighted by Crippen LogP contribution is 2.29. The lowest BCUT2D eigenvalue weighted by atomic mass is 9.93. The van der Waals surface area contributed by atoms with Gasteiger partial charge in [-0.15, -0.1) is 0 Å². The molecule has 1 fully saturated rings. The van der Waals surface area contributed by atoms with Crippen molar-refractivity contribution in [2.24, 2.45) is 0 Å². The third kappa shape index (κ3) is 5.65. The van der Waals surface area contributed by atoms with Crippen molar-refractivity contribution in [1.29, 1.82) is 0 Å². The number of aromatic nitrogens is 4. The van der Waals surface area contributed by atoms with E-state index < -0.39 is 6.29 Å². The molecule has 9 nitrogen and oxygen atoms in total. The van der Waals surface area contributed by atoms with Gasteiger partial charge in [0, 0.05) is 31.5 Å². The summed E-state index contributed by atoms with van der Waals surface area (Å²) in [6.45, 7) is 4.86. The summed E-state index contributed by atoms with van der Waals surface area (Å²) >= 11 is 1.46. The van der Waals surface area contributed by atoms with Crippen LogP contribution in [0.2, 0.25) is 0 Å². The summed E-state index contributed by atoms with van der Waals surface area (Å²) in [7, 11) is 0. The van der Waals surface area contributed by atoms with Gasteiger partial charge in [0.25, 0.3) is 0 Å². The van der Waals surface area contributed by atoms with E-state index in [1.54, 1.807) is 6.20 Å². The predicted octanol–water partition coefficient (Wildman–Crippen LogP) is 4.01. The second kappa shape index (κ2) is 10.3. The number of hydrogen-bond acceptors (Lipinski definition) is 10. The molecule has 0 bridgehead atoms. The molecule has 0 aliphatic heterocycles. The van der Waals surface area contributed by atoms with E-state index in [2.05, 4.69) is 30.6 Å². The van der Waals surface area contributed by atoms with Crippen LogP contribution in [-0.2, 0) is 9.47 Å². The quantitative estimate of drug-likeness (QED) is 0.421. The molecule has 1 aliphatic carbocycles. The molecule has 4 rings (SSSR count). The number of rotatable bonds is 9. The summed E-state index contributed by atoms with van der Waals surface area (Å²) in [5.74, 6) is 1.11. The number of thiazole rings is 1. The largest absolute Gasteiger partial charge is 0.393 e. The van der Waals surface area contributed by atoms with Crippen molar-refractivity contribution in [2.45, 2.75) is 58.0 Å². The van der Waals surface area contributed by atoms with Crippen molar-refractivity contribution >= 4 is 38.6 Å². The maximum Gasteiger partial charge on any atom is 0.225 e. The van der Waals surface area contributed by atoms with Crippen molar-refractivity contribution in [3.05, 3.63) is 30.1 Å². The Kier molecular flexibility index (Phi) is 7.23. The van der Waals surface area contributed by atoms with Gasteiger partial charge in [0.05, 0.1) is 6.10 Å². The molecule has 0 atom stereocenters. The first-order valence-electron chi connectivity index (χ1n) is 10.7. The Bertz CT molecular complexity index is 953. The van der Waals surface area contributed by atoms with Crippen molar-refractivity contribution in [3.63, 3.8) is 0 Å². The minimum absolute atomic E-state index is 0.213. The van der Waals surface area contributed by atoms with Gasteiger partial charge in [0.1, 0.15) is 21.9 Å². The monoisotopic (exact) mass is 444 g/mol. The Hall–Kier alpha value is -2.40. The molecule has 0 aromatic carbocycles. The molecule has 0 amide bonds. The van der Waals surface area contributed by atoms with Crippen LogP contribution in [0.3, 0.4) is 0 Å². The van der Waals surface area contributed by atoms with E-state index in [-0.39, 0.29) is 12.1 Å². The molecule has 3 aromatic rings. The zero-order valence-corrected chi connectivity index (χ0v) is 18.6. The summed E-state index contributed by atoms with van der Waals surface area (Å²) in [6, 6.07) is 5.84. The molecule has 0 spiro atoms. The Morgan fingerprint density at radius 1 is 1.13 bits per heavy atom. The third-order valence-corrected chi connectivity index (χ3v) is 5.95. The Labute approximate surface area is 185 Å². The standard InChI is InChI=1S/C21H28N6O3S/c1-3-29-19(30-4-2)16-12-17(27-21-25-15-6-5-11-22-18(15)31-21)26-20(24-16)23-13-7-9-14(28)10-8-13/h5-6,11-14,19,28H,3-4,7-10H2,1-2H3,(H2,23,24,25,26,27)/t13-,14-. The second-order valence-electron chi connectivity index (χ2n) is 7.37. The second-order valence-corrected chi connectivity index (χ2v) is 8.34. The zero-order valence-electron chi connectivity index (χ0n) is 17.7. The van der Waals surface area contributed by atoms with Crippen LogP contribution in [0.15, 0.2) is 24.4 Å². The number of aliphatic hydroxyl groups excluding tert-OH is 1. The molecule has 3 aromatic heterocycles. The minimum atomic E-state index is -0.579. The van der Waals surface area contributed by atoms with E-state index in [1.165, 1.54) is 11.3 Å². The minimum Gasteiger partial charge on any atom is -0.393 e. The fourth-order valence-electron chi connectivity index (χ4n) is 3.57. The van der Waals surface area contributed by atoms with Gasteiger partial charge in [-0.05, 0) is 51.7 Å². The number of ether oxygens (including phenoxy) is 2. The highest BCUT2D eigenvalue weighted by Gasteiger charge is 2.22. The maximum atomic E-state index is 9.78. The van der Waals surface area contributed by atoms with Crippen LogP contribution < -0.4 is 10.6 Å². The summed E-state index contributed by atoms with van der Waals surface area (Å²) in [4.78, 5) is 19.1. The molecular formula is C21H28N6O3S. The molecule has 0 saturated heterocycles. The molecule has 1 saturated carbocycles. The van der Waals surface area contributed by atoms with Gasteiger partial charge in [-0.3, -0.25) is 0 Å². The van der Waals surface area contributed by atoms with Crippen LogP contribution in [0.4, 0.5) is 16.9 Å². The molecule has 3 heterocycles. The first-order chi connectivity index (χ1) is 15.1. The Morgan fingerprint density at radius 3 is 2.61 bits per heavy atom. The molecule has 31 heavy (non-hydrogen) atoms. The van der Waals surface area contributed by atoms with E-state index in [1.807, 2.05) is 32.0 Å². The Morgan fingerprint density at radius 2 is 1.90 bits per heavy atom. The lowest BCUT2D eigenvalue weighted by Gasteiger charge is -2.26. The van der Waals surface area contributed by atoms with Crippen LogP contribution in [0.5, 0.6) is 0 Å². The van der Waals surface area contributed by atoms with Gasteiger partial charge >= 0.3 is 0 Å². The van der Waals surface area contributed by atoms with E-state index >= 15 is 0 Å². The molecule has 10 heteroatoms. The normalized spacial score (nSPS) is 19.1. The van der Waals surface area contributed by atoms with Crippen molar-refractivity contribution in [2.75, 3.05) is 23.8 Å². The Balaban J connectivity index is 1.61. The summed E-state index contributed by atoms with van der Waals surface area (Å²) in [5, 5.41) is 17.2. The van der Waals surface area contributed by atoms with Gasteiger partial charge in [0.15, 0.2) is 5.13 Å². The molecule has 3 N–H and O–H groups in total. The average Bonchev–Trinajstić information content (AvgIpc) is 3.17. The van der Waals surface area contributed by atoms with E-state index in [4.69, 9.17) is 9.47 Å². The number of nitrogens with one attached hydrogen (secondary N) is 2. The topological polar surface area (TPSA) is 114 Å². The number of pyridine rings is 1. The van der Waals surface area contributed by atoms with Gasteiger partial charge in [-0.1, -0.05) is 11.3 Å². The number of anilines is 3. The summed E-state index contributed by atoms with van der Waals surface area (Å²) in [6.07, 6.45) is 4.27. The number of aliphatic hydroxyl groups is 1. The van der Waals surface area contributed by atoms with Crippen LogP contribution in [0.1, 0.15) is 51.5 Å². The third-order valence-electron chi connectivity index (χ3n) is 5.05. The van der Waals surface area contributed by atoms with Crippen molar-refractivity contribution < 1.29 is 14.6 Å². The lowest BCUT2D eigenvalue weighted by molar-refractivity contribution is -0.142. The number of fused-ring (bicyclic) bond motifs is 1. The predicted molar refractivity (Wildman–Crippen MR) is 121 cm³/mol. The van der Waals surface area contributed by atoms with Crippen LogP contribution in [0.25, 0.3) is 10.3 Å². The van der Waals surface area contributed by atoms with E-state index in [0.717, 1.165) is 36.0 Å². The van der Waals surface area contributed by atoms with Gasteiger partial charge < -0.3 is 25.2 Å². The summed E-state index contributed by atoms with van der Waals surface area (Å²) < 4.78 is 11.5. The maximum absolute atomic E-state index is 9.78. The van der Waals surface area contributed by atoms with Gasteiger partial charge in [-0.2, -0.15) is 4.98 Å². The number of hydrogen-bond donors (Lipinski definition) is 3. The highest BCUT2D eigenvalue weighted by molar-refractivity contribution is 7.21. The molecule has 1 aliphatic rings. The van der Waals surface area contributed by atoms with E-state index in [0.29, 0.717) is 35.8 Å².